The predicted octanol–water partition coefficient (Wildman–Crippen LogP) is 4.43. The second-order valence-electron chi connectivity index (χ2n) is 9.50. The number of carbonyl (C=O) groups excluding carboxylic acids is 1. The molecule has 4 heteroatoms. The fourth-order valence-corrected chi connectivity index (χ4v) is 5.01. The molecule has 4 nitrogen and oxygen atoms in total. The number of aliphatic hydroxyl groups excluding tert-OH is 1. The van der Waals surface area contributed by atoms with E-state index in [2.05, 4.69) is 12.2 Å². The number of rotatable bonds is 9. The van der Waals surface area contributed by atoms with E-state index in [1.807, 2.05) is 43.3 Å². The Balaban J connectivity index is 1.49. The van der Waals surface area contributed by atoms with Crippen LogP contribution in [0.15, 0.2) is 54.1 Å². The highest BCUT2D eigenvalue weighted by Gasteiger charge is 2.43. The SMILES string of the molecule is CN(C)C(=O)CCCCC1=C[C@H]2C[C@@H](O)[C@H](C=CC[C@@](C)(O)c3ccccc3)[C@H]2C1. The van der Waals surface area contributed by atoms with Gasteiger partial charge in [0, 0.05) is 26.4 Å². The van der Waals surface area contributed by atoms with Crippen molar-refractivity contribution in [2.75, 3.05) is 14.1 Å². The Kier molecular flexibility index (Phi) is 7.54. The summed E-state index contributed by atoms with van der Waals surface area (Å²) in [5, 5.41) is 21.4. The largest absolute Gasteiger partial charge is 0.392 e. The Hall–Kier alpha value is -1.91. The lowest BCUT2D eigenvalue weighted by molar-refractivity contribution is -0.128. The number of nitrogens with zero attached hydrogens (tertiary/aromatic N) is 1. The summed E-state index contributed by atoms with van der Waals surface area (Å²) in [5.74, 6) is 1.29. The van der Waals surface area contributed by atoms with E-state index < -0.39 is 5.60 Å². The first kappa shape index (κ1) is 22.8. The minimum absolute atomic E-state index is 0.158. The molecule has 1 saturated carbocycles. The molecule has 0 spiro atoms. The zero-order valence-corrected chi connectivity index (χ0v) is 18.6. The maximum absolute atomic E-state index is 11.7. The normalized spacial score (nSPS) is 27.7. The molecule has 0 radical (unpaired) electrons. The summed E-state index contributed by atoms with van der Waals surface area (Å²) in [5.41, 5.74) is 1.50. The van der Waals surface area contributed by atoms with Gasteiger partial charge in [0.2, 0.25) is 5.91 Å². The molecule has 5 atom stereocenters. The molecular formula is C26H37NO3. The molecule has 0 unspecified atom stereocenters. The molecule has 1 amide bonds. The number of allylic oxidation sites excluding steroid dienone is 2. The lowest BCUT2D eigenvalue weighted by Crippen LogP contribution is -2.21. The van der Waals surface area contributed by atoms with Crippen LogP contribution in [0.1, 0.15) is 57.4 Å². The number of amides is 1. The van der Waals surface area contributed by atoms with Crippen LogP contribution in [-0.4, -0.2) is 41.2 Å². The van der Waals surface area contributed by atoms with Crippen molar-refractivity contribution in [1.82, 2.24) is 4.90 Å². The Morgan fingerprint density at radius 2 is 1.97 bits per heavy atom. The number of hydrogen-bond donors (Lipinski definition) is 2. The van der Waals surface area contributed by atoms with Crippen molar-refractivity contribution < 1.29 is 15.0 Å². The Morgan fingerprint density at radius 1 is 1.23 bits per heavy atom. The maximum atomic E-state index is 11.7. The van der Waals surface area contributed by atoms with Crippen molar-refractivity contribution in [3.05, 3.63) is 59.7 Å². The van der Waals surface area contributed by atoms with Crippen molar-refractivity contribution in [2.24, 2.45) is 17.8 Å². The lowest BCUT2D eigenvalue weighted by Gasteiger charge is -2.23. The number of carbonyl (C=O) groups is 1. The van der Waals surface area contributed by atoms with Crippen LogP contribution in [0, 0.1) is 17.8 Å². The van der Waals surface area contributed by atoms with Gasteiger partial charge in [0.15, 0.2) is 0 Å². The molecule has 0 aliphatic heterocycles. The predicted molar refractivity (Wildman–Crippen MR) is 121 cm³/mol. The van der Waals surface area contributed by atoms with Gasteiger partial charge in [0.25, 0.3) is 0 Å². The van der Waals surface area contributed by atoms with Crippen LogP contribution in [0.5, 0.6) is 0 Å². The first-order valence-corrected chi connectivity index (χ1v) is 11.3. The lowest BCUT2D eigenvalue weighted by atomic mass is 9.87. The van der Waals surface area contributed by atoms with Gasteiger partial charge in [-0.2, -0.15) is 0 Å². The topological polar surface area (TPSA) is 60.8 Å². The van der Waals surface area contributed by atoms with Gasteiger partial charge in [0.05, 0.1) is 11.7 Å². The highest BCUT2D eigenvalue weighted by molar-refractivity contribution is 5.75. The van der Waals surface area contributed by atoms with Crippen LogP contribution in [0.2, 0.25) is 0 Å². The molecule has 164 valence electrons. The van der Waals surface area contributed by atoms with Gasteiger partial charge in [0.1, 0.15) is 0 Å². The van der Waals surface area contributed by atoms with E-state index in [1.54, 1.807) is 19.0 Å². The molecule has 0 heterocycles. The fraction of sp³-hybridized carbons (Fsp3) is 0.577. The van der Waals surface area contributed by atoms with Crippen LogP contribution in [0.25, 0.3) is 0 Å². The highest BCUT2D eigenvalue weighted by Crippen LogP contribution is 2.48. The Bertz CT molecular complexity index is 766. The summed E-state index contributed by atoms with van der Waals surface area (Å²) in [4.78, 5) is 13.4. The van der Waals surface area contributed by atoms with Gasteiger partial charge < -0.3 is 15.1 Å². The third-order valence-corrected chi connectivity index (χ3v) is 6.86. The summed E-state index contributed by atoms with van der Waals surface area (Å²) in [6.45, 7) is 1.84. The van der Waals surface area contributed by atoms with Crippen molar-refractivity contribution in [3.63, 3.8) is 0 Å². The molecule has 1 aromatic carbocycles. The Morgan fingerprint density at radius 3 is 2.67 bits per heavy atom. The summed E-state index contributed by atoms with van der Waals surface area (Å²) in [7, 11) is 3.61. The van der Waals surface area contributed by atoms with Crippen molar-refractivity contribution in [2.45, 2.75) is 63.6 Å². The van der Waals surface area contributed by atoms with Gasteiger partial charge in [-0.25, -0.2) is 0 Å². The fourth-order valence-electron chi connectivity index (χ4n) is 5.01. The Labute approximate surface area is 181 Å². The molecule has 0 bridgehead atoms. The van der Waals surface area contributed by atoms with Crippen LogP contribution >= 0.6 is 0 Å². The van der Waals surface area contributed by atoms with Gasteiger partial charge >= 0.3 is 0 Å². The van der Waals surface area contributed by atoms with E-state index >= 15 is 0 Å². The molecule has 2 N–H and O–H groups in total. The summed E-state index contributed by atoms with van der Waals surface area (Å²) in [6.07, 6.45) is 12.4. The standard InChI is InChI=1S/C26H37NO3/c1-26(30,21-11-5-4-6-12-21)15-9-13-22-23-17-19(16-20(23)18-24(22)28)10-7-8-14-25(29)27(2)3/h4-6,9,11-13,16,20,22-24,28,30H,7-8,10,14-15,17-18H2,1-3H3/t20-,22+,23-,24+,26+/m0/s1. The van der Waals surface area contributed by atoms with E-state index in [0.717, 1.165) is 37.7 Å². The van der Waals surface area contributed by atoms with Gasteiger partial charge in [-0.05, 0) is 62.8 Å². The number of hydrogen-bond acceptors (Lipinski definition) is 3. The van der Waals surface area contributed by atoms with Crippen LogP contribution in [-0.2, 0) is 10.4 Å². The second-order valence-corrected chi connectivity index (χ2v) is 9.50. The minimum atomic E-state index is -0.899. The van der Waals surface area contributed by atoms with Crippen molar-refractivity contribution in [3.8, 4) is 0 Å². The van der Waals surface area contributed by atoms with E-state index in [9.17, 15) is 15.0 Å². The van der Waals surface area contributed by atoms with Gasteiger partial charge in [-0.3, -0.25) is 4.79 Å². The van der Waals surface area contributed by atoms with Gasteiger partial charge in [-0.15, -0.1) is 0 Å². The monoisotopic (exact) mass is 411 g/mol. The van der Waals surface area contributed by atoms with E-state index in [4.69, 9.17) is 0 Å². The zero-order valence-electron chi connectivity index (χ0n) is 18.6. The quantitative estimate of drug-likeness (QED) is 0.467. The molecule has 1 aromatic rings. The zero-order chi connectivity index (χ0) is 21.7. The summed E-state index contributed by atoms with van der Waals surface area (Å²) in [6, 6.07) is 9.75. The molecule has 0 saturated heterocycles. The summed E-state index contributed by atoms with van der Waals surface area (Å²) >= 11 is 0. The molecular weight excluding hydrogens is 374 g/mol. The number of aliphatic hydroxyl groups is 2. The first-order valence-electron chi connectivity index (χ1n) is 11.3. The van der Waals surface area contributed by atoms with Crippen molar-refractivity contribution >= 4 is 5.91 Å². The molecule has 1 fully saturated rings. The first-order chi connectivity index (χ1) is 14.3. The highest BCUT2D eigenvalue weighted by atomic mass is 16.3. The number of fused-ring (bicyclic) bond motifs is 1. The van der Waals surface area contributed by atoms with Crippen LogP contribution < -0.4 is 0 Å². The van der Waals surface area contributed by atoms with E-state index in [0.29, 0.717) is 24.7 Å². The molecule has 2 aliphatic carbocycles. The number of unbranched alkanes of at least 4 members (excludes halogenated alkanes) is 1. The average Bonchev–Trinajstić information content (AvgIpc) is 3.23. The molecule has 30 heavy (non-hydrogen) atoms. The van der Waals surface area contributed by atoms with E-state index in [-0.39, 0.29) is 17.9 Å². The smallest absolute Gasteiger partial charge is 0.222 e. The third kappa shape index (κ3) is 5.61. The molecule has 2 aliphatic rings. The van der Waals surface area contributed by atoms with Crippen molar-refractivity contribution in [1.29, 1.82) is 0 Å². The van der Waals surface area contributed by atoms with Crippen LogP contribution in [0.4, 0.5) is 0 Å². The third-order valence-electron chi connectivity index (χ3n) is 6.86. The summed E-state index contributed by atoms with van der Waals surface area (Å²) < 4.78 is 0. The molecule has 0 aromatic heterocycles. The average molecular weight is 412 g/mol. The second kappa shape index (κ2) is 9.93. The maximum Gasteiger partial charge on any atom is 0.222 e. The number of benzene rings is 1. The molecule has 3 rings (SSSR count). The van der Waals surface area contributed by atoms with E-state index in [1.165, 1.54) is 5.57 Å². The van der Waals surface area contributed by atoms with Crippen LogP contribution in [0.3, 0.4) is 0 Å². The van der Waals surface area contributed by atoms with Gasteiger partial charge in [-0.1, -0.05) is 54.1 Å². The minimum Gasteiger partial charge on any atom is -0.392 e.